The van der Waals surface area contributed by atoms with Gasteiger partial charge >= 0.3 is 0 Å². The van der Waals surface area contributed by atoms with Crippen LogP contribution in [0.25, 0.3) is 10.8 Å². The van der Waals surface area contributed by atoms with Crippen LogP contribution in [0.1, 0.15) is 11.6 Å². The lowest BCUT2D eigenvalue weighted by atomic mass is 10.1. The van der Waals surface area contributed by atoms with Gasteiger partial charge < -0.3 is 9.84 Å². The molecule has 0 fully saturated rings. The predicted molar refractivity (Wildman–Crippen MR) is 114 cm³/mol. The van der Waals surface area contributed by atoms with Crippen LogP contribution in [0.3, 0.4) is 0 Å². The maximum Gasteiger partial charge on any atom is 0.275 e. The molecule has 1 unspecified atom stereocenters. The highest BCUT2D eigenvalue weighted by Crippen LogP contribution is 2.24. The summed E-state index contributed by atoms with van der Waals surface area (Å²) in [6.45, 7) is -0.368. The summed E-state index contributed by atoms with van der Waals surface area (Å²) in [6, 6.07) is 14.9. The van der Waals surface area contributed by atoms with E-state index >= 15 is 0 Å². The molecular weight excluding hydrogens is 418 g/mol. The summed E-state index contributed by atoms with van der Waals surface area (Å²) in [5, 5.41) is 14.8. The molecule has 8 nitrogen and oxygen atoms in total. The highest BCUT2D eigenvalue weighted by Gasteiger charge is 2.20. The number of nitrogens with zero attached hydrogens (tertiary/aromatic N) is 3. The van der Waals surface area contributed by atoms with E-state index in [1.54, 1.807) is 30.3 Å². The second-order valence-corrected chi connectivity index (χ2v) is 8.74. The van der Waals surface area contributed by atoms with Crippen molar-refractivity contribution in [1.82, 2.24) is 14.8 Å². The molecule has 0 spiro atoms. The lowest BCUT2D eigenvalue weighted by Crippen LogP contribution is -2.30. The van der Waals surface area contributed by atoms with Gasteiger partial charge in [0.15, 0.2) is 0 Å². The summed E-state index contributed by atoms with van der Waals surface area (Å²) >= 11 is 0. The zero-order chi connectivity index (χ0) is 22.0. The Kier molecular flexibility index (Phi) is 5.53. The molecule has 0 aliphatic rings. The second kappa shape index (κ2) is 8.29. The van der Waals surface area contributed by atoms with E-state index in [9.17, 15) is 18.3 Å². The molecule has 0 saturated carbocycles. The molecule has 0 bridgehead atoms. The van der Waals surface area contributed by atoms with Gasteiger partial charge in [-0.1, -0.05) is 18.2 Å². The van der Waals surface area contributed by atoms with Gasteiger partial charge in [0.1, 0.15) is 6.04 Å². The van der Waals surface area contributed by atoms with E-state index in [1.165, 1.54) is 49.8 Å². The molecule has 158 valence electrons. The molecule has 4 aromatic rings. The molecule has 1 atom stereocenters. The molecule has 0 aliphatic heterocycles. The quantitative estimate of drug-likeness (QED) is 0.492. The maximum atomic E-state index is 13.1. The first-order valence-electron chi connectivity index (χ1n) is 9.38. The lowest BCUT2D eigenvalue weighted by molar-refractivity contribution is 0.237. The molecule has 2 heterocycles. The van der Waals surface area contributed by atoms with E-state index in [1.807, 2.05) is 0 Å². The van der Waals surface area contributed by atoms with Crippen molar-refractivity contribution in [3.05, 3.63) is 89.0 Å². The van der Waals surface area contributed by atoms with E-state index in [2.05, 4.69) is 10.1 Å². The lowest BCUT2D eigenvalue weighted by Gasteiger charge is -2.17. The summed E-state index contributed by atoms with van der Waals surface area (Å²) in [4.78, 5) is 17.4. The fraction of sp³-hybridized carbons (Fsp3) is 0.136. The van der Waals surface area contributed by atoms with Gasteiger partial charge in [-0.3, -0.25) is 4.79 Å². The smallest absolute Gasteiger partial charge is 0.275 e. The number of fused-ring (bicyclic) bond motifs is 1. The molecule has 0 amide bonds. The summed E-state index contributed by atoms with van der Waals surface area (Å²) < 4.78 is 31.9. The molecule has 1 N–H and O–H groups in total. The van der Waals surface area contributed by atoms with Crippen molar-refractivity contribution in [2.24, 2.45) is 0 Å². The Bertz CT molecular complexity index is 1380. The Hall–Kier alpha value is -3.56. The summed E-state index contributed by atoms with van der Waals surface area (Å²) in [7, 11) is -2.23. The van der Waals surface area contributed by atoms with E-state index in [0.717, 1.165) is 4.68 Å². The normalized spacial score (nSPS) is 12.6. The number of methoxy groups -OCH3 is 1. The van der Waals surface area contributed by atoms with Gasteiger partial charge in [0.2, 0.25) is 15.7 Å². The number of benzene rings is 2. The number of aliphatic hydroxyl groups is 1. The number of sulfone groups is 1. The molecular formula is C22H19N3O5S. The van der Waals surface area contributed by atoms with E-state index in [4.69, 9.17) is 4.74 Å². The van der Waals surface area contributed by atoms with Crippen molar-refractivity contribution in [2.45, 2.75) is 15.8 Å². The van der Waals surface area contributed by atoms with Gasteiger partial charge in [-0.25, -0.2) is 18.1 Å². The number of aromatic nitrogens is 3. The summed E-state index contributed by atoms with van der Waals surface area (Å²) in [5.41, 5.74) is 0.136. The minimum absolute atomic E-state index is 0.0724. The third-order valence-corrected chi connectivity index (χ3v) is 6.74. The van der Waals surface area contributed by atoms with Crippen molar-refractivity contribution in [3.63, 3.8) is 0 Å². The standard InChI is InChI=1S/C22H19N3O5S/c1-30-21-10-7-15(12-23-21)20(14-26)25-22(27)19-9-8-18(11-16(19)13-24-25)31(28,29)17-5-3-2-4-6-17/h2-13,20,26H,14H2,1H3. The van der Waals surface area contributed by atoms with E-state index in [0.29, 0.717) is 22.2 Å². The maximum absolute atomic E-state index is 13.1. The molecule has 31 heavy (non-hydrogen) atoms. The van der Waals surface area contributed by atoms with Crippen molar-refractivity contribution in [2.75, 3.05) is 13.7 Å². The molecule has 0 saturated heterocycles. The minimum Gasteiger partial charge on any atom is -0.481 e. The molecule has 4 rings (SSSR count). The fourth-order valence-corrected chi connectivity index (χ4v) is 4.62. The largest absolute Gasteiger partial charge is 0.481 e. The Balaban J connectivity index is 1.77. The number of hydrogen-bond acceptors (Lipinski definition) is 7. The van der Waals surface area contributed by atoms with Crippen molar-refractivity contribution < 1.29 is 18.3 Å². The number of aliphatic hydroxyl groups excluding tert-OH is 1. The van der Waals surface area contributed by atoms with Gasteiger partial charge in [0, 0.05) is 17.6 Å². The topological polar surface area (TPSA) is 111 Å². The van der Waals surface area contributed by atoms with Crippen molar-refractivity contribution in [3.8, 4) is 5.88 Å². The molecule has 9 heteroatoms. The van der Waals surface area contributed by atoms with Crippen LogP contribution in [0, 0.1) is 0 Å². The predicted octanol–water partition coefficient (Wildman–Crippen LogP) is 2.21. The Labute approximate surface area is 178 Å². The van der Waals surface area contributed by atoms with Crippen LogP contribution in [-0.4, -0.2) is 42.0 Å². The van der Waals surface area contributed by atoms with Gasteiger partial charge in [0.05, 0.1) is 35.1 Å². The van der Waals surface area contributed by atoms with Crippen LogP contribution in [-0.2, 0) is 9.84 Å². The first-order valence-corrected chi connectivity index (χ1v) is 10.9. The Morgan fingerprint density at radius 1 is 1.03 bits per heavy atom. The van der Waals surface area contributed by atoms with Crippen molar-refractivity contribution >= 4 is 20.6 Å². The zero-order valence-electron chi connectivity index (χ0n) is 16.5. The fourth-order valence-electron chi connectivity index (χ4n) is 3.30. The molecule has 2 aromatic heterocycles. The third-order valence-electron chi connectivity index (χ3n) is 4.97. The van der Waals surface area contributed by atoms with Gasteiger partial charge in [-0.15, -0.1) is 0 Å². The van der Waals surface area contributed by atoms with Gasteiger partial charge in [0.25, 0.3) is 5.56 Å². The van der Waals surface area contributed by atoms with Crippen LogP contribution in [0.4, 0.5) is 0 Å². The molecule has 0 aliphatic carbocycles. The molecule has 2 aromatic carbocycles. The first kappa shape index (κ1) is 20.7. The number of rotatable bonds is 6. The monoisotopic (exact) mass is 437 g/mol. The Morgan fingerprint density at radius 3 is 2.45 bits per heavy atom. The zero-order valence-corrected chi connectivity index (χ0v) is 17.4. The average molecular weight is 437 g/mol. The van der Waals surface area contributed by atoms with Gasteiger partial charge in [-0.2, -0.15) is 5.10 Å². The SMILES string of the molecule is COc1ccc(C(CO)n2ncc3cc(S(=O)(=O)c4ccccc4)ccc3c2=O)cn1. The average Bonchev–Trinajstić information content (AvgIpc) is 2.81. The minimum atomic E-state index is -3.72. The highest BCUT2D eigenvalue weighted by atomic mass is 32.2. The Morgan fingerprint density at radius 2 is 1.81 bits per heavy atom. The second-order valence-electron chi connectivity index (χ2n) is 6.79. The van der Waals surface area contributed by atoms with Crippen LogP contribution >= 0.6 is 0 Å². The molecule has 0 radical (unpaired) electrons. The van der Waals surface area contributed by atoms with Crippen molar-refractivity contribution in [1.29, 1.82) is 0 Å². The van der Waals surface area contributed by atoms with Crippen LogP contribution < -0.4 is 10.3 Å². The summed E-state index contributed by atoms with van der Waals surface area (Å²) in [6.07, 6.45) is 2.92. The van der Waals surface area contributed by atoms with Crippen LogP contribution in [0.15, 0.2) is 87.6 Å². The number of hydrogen-bond donors (Lipinski definition) is 1. The first-order chi connectivity index (χ1) is 15.0. The third kappa shape index (κ3) is 3.80. The van der Waals surface area contributed by atoms with Gasteiger partial charge in [-0.05, 0) is 42.0 Å². The van der Waals surface area contributed by atoms with Crippen LogP contribution in [0.2, 0.25) is 0 Å². The summed E-state index contributed by atoms with van der Waals surface area (Å²) in [5.74, 6) is 0.409. The van der Waals surface area contributed by atoms with E-state index < -0.39 is 21.4 Å². The number of ether oxygens (including phenoxy) is 1. The number of pyridine rings is 1. The van der Waals surface area contributed by atoms with E-state index in [-0.39, 0.29) is 16.4 Å². The van der Waals surface area contributed by atoms with Crippen LogP contribution in [0.5, 0.6) is 5.88 Å². The highest BCUT2D eigenvalue weighted by molar-refractivity contribution is 7.91.